The Morgan fingerprint density at radius 3 is 2.39 bits per heavy atom. The van der Waals surface area contributed by atoms with E-state index in [2.05, 4.69) is 23.8 Å². The number of nitro groups is 1. The van der Waals surface area contributed by atoms with Crippen LogP contribution in [-0.4, -0.2) is 27.8 Å². The number of piperidine rings is 1. The fraction of sp³-hybridized carbons (Fsp3) is 0.750. The Morgan fingerprint density at radius 2 is 1.89 bits per heavy atom. The van der Waals surface area contributed by atoms with Crippen molar-refractivity contribution in [2.75, 3.05) is 18.0 Å². The number of nitrogens with zero attached hydrogens (tertiary/aromatic N) is 4. The van der Waals surface area contributed by atoms with Crippen molar-refractivity contribution in [2.24, 2.45) is 18.9 Å². The molecule has 0 amide bonds. The smallest absolute Gasteiger partial charge is 0.333 e. The molecule has 1 aromatic heterocycles. The van der Waals surface area contributed by atoms with Crippen LogP contribution in [0.1, 0.15) is 26.0 Å². The Kier molecular flexibility index (Phi) is 3.28. The molecule has 6 heteroatoms. The predicted molar refractivity (Wildman–Crippen MR) is 69.8 cm³/mol. The summed E-state index contributed by atoms with van der Waals surface area (Å²) in [6.07, 6.45) is 1.18. The number of aromatic nitrogens is 2. The molecule has 6 nitrogen and oxygen atoms in total. The molecule has 2 atom stereocenters. The summed E-state index contributed by atoms with van der Waals surface area (Å²) >= 11 is 0. The second-order valence-electron chi connectivity index (χ2n) is 5.49. The van der Waals surface area contributed by atoms with Crippen LogP contribution in [0.5, 0.6) is 0 Å². The highest BCUT2D eigenvalue weighted by molar-refractivity contribution is 5.61. The van der Waals surface area contributed by atoms with Crippen LogP contribution in [0.15, 0.2) is 0 Å². The summed E-state index contributed by atoms with van der Waals surface area (Å²) < 4.78 is 1.64. The maximum absolute atomic E-state index is 11.2. The van der Waals surface area contributed by atoms with Gasteiger partial charge in [-0.25, -0.2) is 4.68 Å². The molecule has 100 valence electrons. The molecule has 1 aliphatic rings. The van der Waals surface area contributed by atoms with Crippen molar-refractivity contribution >= 4 is 11.5 Å². The number of aryl methyl sites for hydroxylation is 2. The van der Waals surface area contributed by atoms with E-state index in [1.54, 1.807) is 18.7 Å². The van der Waals surface area contributed by atoms with E-state index in [4.69, 9.17) is 0 Å². The van der Waals surface area contributed by atoms with Gasteiger partial charge in [0.15, 0.2) is 0 Å². The molecule has 1 aliphatic heterocycles. The van der Waals surface area contributed by atoms with Gasteiger partial charge in [-0.2, -0.15) is 5.10 Å². The SMILES string of the molecule is Cc1nn(C)c(N2CC(C)CC(C)C2)c1[N+](=O)[O-]. The van der Waals surface area contributed by atoms with Crippen molar-refractivity contribution in [3.8, 4) is 0 Å². The molecule has 0 spiro atoms. The summed E-state index contributed by atoms with van der Waals surface area (Å²) in [6, 6.07) is 0. The van der Waals surface area contributed by atoms with Gasteiger partial charge in [0.2, 0.25) is 5.82 Å². The van der Waals surface area contributed by atoms with Gasteiger partial charge in [0.1, 0.15) is 5.69 Å². The quantitative estimate of drug-likeness (QED) is 0.597. The van der Waals surface area contributed by atoms with E-state index in [0.717, 1.165) is 13.1 Å². The molecular weight excluding hydrogens is 232 g/mol. The van der Waals surface area contributed by atoms with Gasteiger partial charge in [0.25, 0.3) is 0 Å². The van der Waals surface area contributed by atoms with E-state index in [0.29, 0.717) is 23.3 Å². The largest absolute Gasteiger partial charge is 0.351 e. The third-order valence-electron chi connectivity index (χ3n) is 3.51. The van der Waals surface area contributed by atoms with E-state index < -0.39 is 0 Å². The third-order valence-corrected chi connectivity index (χ3v) is 3.51. The van der Waals surface area contributed by atoms with Crippen molar-refractivity contribution in [3.63, 3.8) is 0 Å². The third kappa shape index (κ3) is 2.19. The normalized spacial score (nSPS) is 24.3. The van der Waals surface area contributed by atoms with Crippen LogP contribution in [-0.2, 0) is 7.05 Å². The minimum Gasteiger partial charge on any atom is -0.351 e. The number of hydrogen-bond donors (Lipinski definition) is 0. The van der Waals surface area contributed by atoms with Gasteiger partial charge in [-0.15, -0.1) is 0 Å². The van der Waals surface area contributed by atoms with Gasteiger partial charge in [-0.05, 0) is 25.2 Å². The molecular formula is C12H20N4O2. The van der Waals surface area contributed by atoms with Crippen LogP contribution in [0, 0.1) is 28.9 Å². The average molecular weight is 252 g/mol. The summed E-state index contributed by atoms with van der Waals surface area (Å²) in [5.41, 5.74) is 0.641. The first-order valence-corrected chi connectivity index (χ1v) is 6.33. The van der Waals surface area contributed by atoms with Crippen LogP contribution in [0.2, 0.25) is 0 Å². The monoisotopic (exact) mass is 252 g/mol. The second kappa shape index (κ2) is 4.59. The van der Waals surface area contributed by atoms with Crippen LogP contribution < -0.4 is 4.90 Å². The molecule has 2 rings (SSSR count). The van der Waals surface area contributed by atoms with Gasteiger partial charge < -0.3 is 4.90 Å². The van der Waals surface area contributed by atoms with Gasteiger partial charge in [0, 0.05) is 20.1 Å². The fourth-order valence-corrected chi connectivity index (χ4v) is 3.04. The lowest BCUT2D eigenvalue weighted by atomic mass is 9.92. The molecule has 1 saturated heterocycles. The summed E-state index contributed by atoms with van der Waals surface area (Å²) in [6.45, 7) is 7.81. The molecule has 2 unspecified atom stereocenters. The number of rotatable bonds is 2. The standard InChI is InChI=1S/C12H20N4O2/c1-8-5-9(2)7-15(6-8)12-11(16(17)18)10(3)13-14(12)4/h8-9H,5-7H2,1-4H3. The lowest BCUT2D eigenvalue weighted by Gasteiger charge is -2.35. The van der Waals surface area contributed by atoms with Crippen LogP contribution in [0.3, 0.4) is 0 Å². The van der Waals surface area contributed by atoms with Crippen molar-refractivity contribution in [2.45, 2.75) is 27.2 Å². The minimum atomic E-state index is -0.318. The van der Waals surface area contributed by atoms with E-state index in [-0.39, 0.29) is 10.6 Å². The van der Waals surface area contributed by atoms with Crippen molar-refractivity contribution < 1.29 is 4.92 Å². The van der Waals surface area contributed by atoms with Crippen LogP contribution in [0.4, 0.5) is 11.5 Å². The van der Waals surface area contributed by atoms with Crippen molar-refractivity contribution in [1.82, 2.24) is 9.78 Å². The molecule has 0 bridgehead atoms. The second-order valence-corrected chi connectivity index (χ2v) is 5.49. The molecule has 1 aromatic rings. The van der Waals surface area contributed by atoms with E-state index in [9.17, 15) is 10.1 Å². The zero-order valence-electron chi connectivity index (χ0n) is 11.4. The van der Waals surface area contributed by atoms with Crippen molar-refractivity contribution in [3.05, 3.63) is 15.8 Å². The van der Waals surface area contributed by atoms with Crippen LogP contribution >= 0.6 is 0 Å². The summed E-state index contributed by atoms with van der Waals surface area (Å²) in [5, 5.41) is 15.4. The first-order valence-electron chi connectivity index (χ1n) is 6.33. The van der Waals surface area contributed by atoms with E-state index in [1.807, 2.05) is 0 Å². The lowest BCUT2D eigenvalue weighted by molar-refractivity contribution is -0.384. The predicted octanol–water partition coefficient (Wildman–Crippen LogP) is 2.12. The number of hydrogen-bond acceptors (Lipinski definition) is 4. The Hall–Kier alpha value is -1.59. The maximum atomic E-state index is 11.2. The van der Waals surface area contributed by atoms with Crippen molar-refractivity contribution in [1.29, 1.82) is 0 Å². The topological polar surface area (TPSA) is 64.2 Å². The summed E-state index contributed by atoms with van der Waals surface area (Å²) in [7, 11) is 1.78. The van der Waals surface area contributed by atoms with Gasteiger partial charge in [-0.1, -0.05) is 13.8 Å². The zero-order chi connectivity index (χ0) is 13.4. The minimum absolute atomic E-state index is 0.152. The summed E-state index contributed by atoms with van der Waals surface area (Å²) in [5.74, 6) is 1.77. The highest BCUT2D eigenvalue weighted by Gasteiger charge is 2.32. The molecule has 0 saturated carbocycles. The first-order chi connectivity index (χ1) is 8.40. The van der Waals surface area contributed by atoms with Crippen LogP contribution in [0.25, 0.3) is 0 Å². The lowest BCUT2D eigenvalue weighted by Crippen LogP contribution is -2.40. The zero-order valence-corrected chi connectivity index (χ0v) is 11.4. The van der Waals surface area contributed by atoms with E-state index in [1.165, 1.54) is 6.42 Å². The first kappa shape index (κ1) is 12.9. The Labute approximate surface area is 107 Å². The Morgan fingerprint density at radius 1 is 1.33 bits per heavy atom. The van der Waals surface area contributed by atoms with Gasteiger partial charge >= 0.3 is 5.69 Å². The molecule has 0 N–H and O–H groups in total. The highest BCUT2D eigenvalue weighted by atomic mass is 16.6. The van der Waals surface area contributed by atoms with E-state index >= 15 is 0 Å². The highest BCUT2D eigenvalue weighted by Crippen LogP contribution is 2.34. The average Bonchev–Trinajstić information content (AvgIpc) is 2.51. The Balaban J connectivity index is 2.41. The Bertz CT molecular complexity index is 459. The van der Waals surface area contributed by atoms with Gasteiger partial charge in [-0.3, -0.25) is 10.1 Å². The molecule has 18 heavy (non-hydrogen) atoms. The summed E-state index contributed by atoms with van der Waals surface area (Å²) in [4.78, 5) is 13.0. The van der Waals surface area contributed by atoms with Gasteiger partial charge in [0.05, 0.1) is 4.92 Å². The molecule has 0 aliphatic carbocycles. The molecule has 2 heterocycles. The maximum Gasteiger partial charge on any atom is 0.333 e. The molecule has 1 fully saturated rings. The molecule has 0 radical (unpaired) electrons. The number of anilines is 1. The molecule has 0 aromatic carbocycles. The fourth-order valence-electron chi connectivity index (χ4n) is 3.04.